The molecule has 114 valence electrons. The van der Waals surface area contributed by atoms with Crippen LogP contribution in [0.5, 0.6) is 0 Å². The Bertz CT molecular complexity index is 729. The third kappa shape index (κ3) is 2.59. The Labute approximate surface area is 131 Å². The fraction of sp³-hybridized carbons (Fsp3) is 0.462. The van der Waals surface area contributed by atoms with Crippen LogP contribution in [0.1, 0.15) is 24.4 Å². The largest absolute Gasteiger partial charge is 0.419 e. The number of H-pyrrole nitrogens is 1. The zero-order valence-electron chi connectivity index (χ0n) is 10.9. The van der Waals surface area contributed by atoms with Gasteiger partial charge in [-0.2, -0.15) is 13.2 Å². The second-order valence-corrected chi connectivity index (χ2v) is 6.26. The number of imidazole rings is 1. The number of alkyl halides is 3. The molecule has 1 aliphatic rings. The van der Waals surface area contributed by atoms with E-state index in [4.69, 9.17) is 0 Å². The monoisotopic (exact) mass is 411 g/mol. The Morgan fingerprint density at radius 2 is 1.90 bits per heavy atom. The lowest BCUT2D eigenvalue weighted by atomic mass is 10.1. The topological polar surface area (TPSA) is 49.8 Å². The molecule has 1 fully saturated rings. The molecule has 3 rings (SSSR count). The van der Waals surface area contributed by atoms with Crippen LogP contribution in [-0.4, -0.2) is 22.6 Å². The number of benzene rings is 1. The zero-order valence-corrected chi connectivity index (χ0v) is 13.1. The summed E-state index contributed by atoms with van der Waals surface area (Å²) >= 11 is 1.67. The highest BCUT2D eigenvalue weighted by atomic mass is 127. The molecule has 2 heterocycles. The summed E-state index contributed by atoms with van der Waals surface area (Å²) in [7, 11) is 0. The van der Waals surface area contributed by atoms with E-state index in [9.17, 15) is 18.0 Å². The number of nitrogens with zero attached hydrogens (tertiary/aromatic N) is 1. The van der Waals surface area contributed by atoms with Crippen molar-refractivity contribution in [2.75, 3.05) is 13.1 Å². The summed E-state index contributed by atoms with van der Waals surface area (Å²) in [5.74, 6) is 0. The van der Waals surface area contributed by atoms with Gasteiger partial charge in [0, 0.05) is 9.61 Å². The fourth-order valence-corrected chi connectivity index (χ4v) is 3.62. The van der Waals surface area contributed by atoms with E-state index in [-0.39, 0.29) is 20.6 Å². The number of hydrogen-bond acceptors (Lipinski definition) is 2. The lowest BCUT2D eigenvalue weighted by molar-refractivity contribution is -0.137. The quantitative estimate of drug-likeness (QED) is 0.710. The Kier molecular flexibility index (Phi) is 3.76. The van der Waals surface area contributed by atoms with Crippen molar-refractivity contribution in [3.8, 4) is 0 Å². The van der Waals surface area contributed by atoms with Crippen molar-refractivity contribution in [3.05, 3.63) is 31.8 Å². The highest BCUT2D eigenvalue weighted by molar-refractivity contribution is 14.1. The standard InChI is InChI=1S/C13H13F3IN3O/c14-13(15,16)10-8(17)1-2-9-11(10)20(12(21)19-9)7-3-5-18-6-4-7/h1-2,7,18H,3-6H2,(H,19,21). The van der Waals surface area contributed by atoms with E-state index in [1.54, 1.807) is 22.6 Å². The number of hydrogen-bond donors (Lipinski definition) is 2. The van der Waals surface area contributed by atoms with Crippen molar-refractivity contribution in [1.29, 1.82) is 0 Å². The van der Waals surface area contributed by atoms with Crippen LogP contribution in [0.3, 0.4) is 0 Å². The maximum absolute atomic E-state index is 13.4. The first-order valence-electron chi connectivity index (χ1n) is 6.60. The van der Waals surface area contributed by atoms with Crippen LogP contribution in [0.15, 0.2) is 16.9 Å². The highest BCUT2D eigenvalue weighted by Crippen LogP contribution is 2.38. The molecular formula is C13H13F3IN3O. The fourth-order valence-electron chi connectivity index (χ4n) is 2.88. The van der Waals surface area contributed by atoms with E-state index in [0.29, 0.717) is 25.9 Å². The van der Waals surface area contributed by atoms with Crippen molar-refractivity contribution in [3.63, 3.8) is 0 Å². The second-order valence-electron chi connectivity index (χ2n) is 5.10. The minimum absolute atomic E-state index is 0.0219. The Morgan fingerprint density at radius 1 is 1.24 bits per heavy atom. The van der Waals surface area contributed by atoms with Gasteiger partial charge in [0.2, 0.25) is 0 Å². The van der Waals surface area contributed by atoms with E-state index in [0.717, 1.165) is 0 Å². The lowest BCUT2D eigenvalue weighted by Gasteiger charge is -2.25. The maximum atomic E-state index is 13.4. The third-order valence-corrected chi connectivity index (χ3v) is 4.68. The Morgan fingerprint density at radius 3 is 2.52 bits per heavy atom. The third-order valence-electron chi connectivity index (χ3n) is 3.79. The number of nitrogens with one attached hydrogen (secondary N) is 2. The number of fused-ring (bicyclic) bond motifs is 1. The van der Waals surface area contributed by atoms with E-state index in [1.807, 2.05) is 0 Å². The molecule has 1 aliphatic heterocycles. The molecule has 8 heteroatoms. The lowest BCUT2D eigenvalue weighted by Crippen LogP contribution is -2.33. The molecule has 0 bridgehead atoms. The molecule has 21 heavy (non-hydrogen) atoms. The molecule has 0 radical (unpaired) electrons. The first-order valence-corrected chi connectivity index (χ1v) is 7.68. The molecule has 4 nitrogen and oxygen atoms in total. The van der Waals surface area contributed by atoms with Gasteiger partial charge in [0.15, 0.2) is 0 Å². The van der Waals surface area contributed by atoms with Gasteiger partial charge in [-0.15, -0.1) is 0 Å². The minimum atomic E-state index is -4.49. The average Bonchev–Trinajstić information content (AvgIpc) is 2.74. The van der Waals surface area contributed by atoms with Crippen molar-refractivity contribution in [2.24, 2.45) is 0 Å². The highest BCUT2D eigenvalue weighted by Gasteiger charge is 2.37. The molecule has 2 N–H and O–H groups in total. The molecule has 2 aromatic rings. The predicted octanol–water partition coefficient (Wildman–Crippen LogP) is 2.88. The van der Waals surface area contributed by atoms with Crippen LogP contribution >= 0.6 is 22.6 Å². The summed E-state index contributed by atoms with van der Waals surface area (Å²) < 4.78 is 41.6. The minimum Gasteiger partial charge on any atom is -0.317 e. The van der Waals surface area contributed by atoms with Gasteiger partial charge in [-0.1, -0.05) is 0 Å². The van der Waals surface area contributed by atoms with Crippen LogP contribution in [0, 0.1) is 3.57 Å². The zero-order chi connectivity index (χ0) is 15.2. The molecule has 0 aliphatic carbocycles. The van der Waals surface area contributed by atoms with Gasteiger partial charge < -0.3 is 10.3 Å². The Hall–Kier alpha value is -1.03. The van der Waals surface area contributed by atoms with Gasteiger partial charge in [0.05, 0.1) is 16.6 Å². The number of rotatable bonds is 1. The maximum Gasteiger partial charge on any atom is 0.419 e. The average molecular weight is 411 g/mol. The molecular weight excluding hydrogens is 398 g/mol. The van der Waals surface area contributed by atoms with Crippen molar-refractivity contribution in [2.45, 2.75) is 25.1 Å². The molecule has 1 aromatic carbocycles. The van der Waals surface area contributed by atoms with Crippen LogP contribution in [-0.2, 0) is 6.18 Å². The summed E-state index contributed by atoms with van der Waals surface area (Å²) in [6, 6.07) is 2.71. The summed E-state index contributed by atoms with van der Waals surface area (Å²) in [6.07, 6.45) is -3.19. The molecule has 0 atom stereocenters. The van der Waals surface area contributed by atoms with Crippen LogP contribution in [0.4, 0.5) is 13.2 Å². The Balaban J connectivity index is 2.31. The molecule has 0 unspecified atom stereocenters. The van der Waals surface area contributed by atoms with Crippen LogP contribution in [0.25, 0.3) is 11.0 Å². The number of halogens is 4. The number of aromatic amines is 1. The molecule has 1 aromatic heterocycles. The second kappa shape index (κ2) is 5.31. The van der Waals surface area contributed by atoms with Crippen LogP contribution < -0.4 is 11.0 Å². The van der Waals surface area contributed by atoms with E-state index >= 15 is 0 Å². The van der Waals surface area contributed by atoms with Gasteiger partial charge in [0.1, 0.15) is 0 Å². The number of aromatic nitrogens is 2. The van der Waals surface area contributed by atoms with Crippen molar-refractivity contribution < 1.29 is 13.2 Å². The van der Waals surface area contributed by atoms with Crippen molar-refractivity contribution in [1.82, 2.24) is 14.9 Å². The van der Waals surface area contributed by atoms with E-state index < -0.39 is 17.4 Å². The SMILES string of the molecule is O=c1[nH]c2ccc(I)c(C(F)(F)F)c2n1C1CCNCC1. The van der Waals surface area contributed by atoms with Crippen LogP contribution in [0.2, 0.25) is 0 Å². The summed E-state index contributed by atoms with van der Waals surface area (Å²) in [4.78, 5) is 14.7. The smallest absolute Gasteiger partial charge is 0.317 e. The summed E-state index contributed by atoms with van der Waals surface area (Å²) in [5.41, 5.74) is -0.973. The van der Waals surface area contributed by atoms with Crippen molar-refractivity contribution >= 4 is 33.6 Å². The van der Waals surface area contributed by atoms with Gasteiger partial charge in [0.25, 0.3) is 0 Å². The first kappa shape index (κ1) is 14.9. The molecule has 1 saturated heterocycles. The number of piperidine rings is 1. The van der Waals surface area contributed by atoms with E-state index in [1.165, 1.54) is 16.7 Å². The molecule has 0 saturated carbocycles. The first-order chi connectivity index (χ1) is 9.89. The normalized spacial score (nSPS) is 17.5. The van der Waals surface area contributed by atoms with Gasteiger partial charge in [-0.3, -0.25) is 4.57 Å². The summed E-state index contributed by atoms with van der Waals surface area (Å²) in [5, 5.41) is 3.15. The van der Waals surface area contributed by atoms with Gasteiger partial charge in [-0.05, 0) is 60.7 Å². The summed E-state index contributed by atoms with van der Waals surface area (Å²) in [6.45, 7) is 1.41. The predicted molar refractivity (Wildman–Crippen MR) is 81.4 cm³/mol. The van der Waals surface area contributed by atoms with Gasteiger partial charge >= 0.3 is 11.9 Å². The molecule has 0 amide bonds. The van der Waals surface area contributed by atoms with E-state index in [2.05, 4.69) is 10.3 Å². The molecule has 0 spiro atoms. The van der Waals surface area contributed by atoms with Gasteiger partial charge in [-0.25, -0.2) is 4.79 Å².